The van der Waals surface area contributed by atoms with Crippen molar-refractivity contribution in [2.45, 2.75) is 13.3 Å². The molecule has 0 fully saturated rings. The predicted molar refractivity (Wildman–Crippen MR) is 115 cm³/mol. The molecule has 0 unspecified atom stereocenters. The second-order valence-corrected chi connectivity index (χ2v) is 6.53. The molecule has 148 valence electrons. The SMILES string of the molecule is CC(=O)Nc1cccc(Nc2cc(NCCc3ccccc3)c(C(N)=O)cn2)c1. The van der Waals surface area contributed by atoms with Crippen LogP contribution in [-0.2, 0) is 11.2 Å². The summed E-state index contributed by atoms with van der Waals surface area (Å²) in [6.07, 6.45) is 2.26. The molecule has 1 aromatic heterocycles. The number of nitrogens with zero attached hydrogens (tertiary/aromatic N) is 1. The molecule has 0 spiro atoms. The largest absolute Gasteiger partial charge is 0.384 e. The van der Waals surface area contributed by atoms with Crippen LogP contribution in [0.15, 0.2) is 66.9 Å². The highest BCUT2D eigenvalue weighted by Crippen LogP contribution is 2.23. The van der Waals surface area contributed by atoms with Crippen molar-refractivity contribution in [1.29, 1.82) is 0 Å². The first-order valence-electron chi connectivity index (χ1n) is 9.23. The molecule has 5 N–H and O–H groups in total. The maximum atomic E-state index is 11.8. The van der Waals surface area contributed by atoms with Crippen LogP contribution in [0.4, 0.5) is 22.9 Å². The minimum Gasteiger partial charge on any atom is -0.384 e. The lowest BCUT2D eigenvalue weighted by Gasteiger charge is -2.13. The first kappa shape index (κ1) is 19.9. The molecule has 1 heterocycles. The summed E-state index contributed by atoms with van der Waals surface area (Å²) >= 11 is 0. The monoisotopic (exact) mass is 389 g/mol. The number of aromatic nitrogens is 1. The van der Waals surface area contributed by atoms with Crippen molar-refractivity contribution in [3.8, 4) is 0 Å². The van der Waals surface area contributed by atoms with Crippen LogP contribution in [-0.4, -0.2) is 23.3 Å². The number of hydrogen-bond donors (Lipinski definition) is 4. The molecular weight excluding hydrogens is 366 g/mol. The Morgan fingerprint density at radius 3 is 2.48 bits per heavy atom. The van der Waals surface area contributed by atoms with Gasteiger partial charge in [-0.25, -0.2) is 4.98 Å². The van der Waals surface area contributed by atoms with E-state index in [1.54, 1.807) is 18.2 Å². The summed E-state index contributed by atoms with van der Waals surface area (Å²) in [5.74, 6) is -0.132. The maximum Gasteiger partial charge on any atom is 0.252 e. The third kappa shape index (κ3) is 5.80. The van der Waals surface area contributed by atoms with Gasteiger partial charge in [-0.05, 0) is 30.2 Å². The molecule has 7 heteroatoms. The van der Waals surface area contributed by atoms with E-state index in [4.69, 9.17) is 5.73 Å². The van der Waals surface area contributed by atoms with E-state index in [9.17, 15) is 9.59 Å². The average molecular weight is 389 g/mol. The highest BCUT2D eigenvalue weighted by Gasteiger charge is 2.10. The van der Waals surface area contributed by atoms with E-state index in [0.29, 0.717) is 29.3 Å². The molecule has 2 aromatic carbocycles. The first-order valence-corrected chi connectivity index (χ1v) is 9.23. The van der Waals surface area contributed by atoms with E-state index in [-0.39, 0.29) is 5.91 Å². The van der Waals surface area contributed by atoms with Gasteiger partial charge in [-0.3, -0.25) is 9.59 Å². The van der Waals surface area contributed by atoms with Crippen LogP contribution in [0, 0.1) is 0 Å². The number of hydrogen-bond acceptors (Lipinski definition) is 5. The highest BCUT2D eigenvalue weighted by atomic mass is 16.1. The first-order chi connectivity index (χ1) is 14.0. The smallest absolute Gasteiger partial charge is 0.252 e. The molecule has 3 aromatic rings. The number of nitrogens with two attached hydrogens (primary N) is 1. The zero-order valence-electron chi connectivity index (χ0n) is 16.1. The lowest BCUT2D eigenvalue weighted by atomic mass is 10.1. The summed E-state index contributed by atoms with van der Waals surface area (Å²) in [4.78, 5) is 27.3. The lowest BCUT2D eigenvalue weighted by Crippen LogP contribution is -2.16. The van der Waals surface area contributed by atoms with E-state index in [1.165, 1.54) is 18.7 Å². The molecule has 0 saturated carbocycles. The summed E-state index contributed by atoms with van der Waals surface area (Å²) in [5.41, 5.74) is 9.06. The van der Waals surface area contributed by atoms with E-state index in [2.05, 4.69) is 33.1 Å². The van der Waals surface area contributed by atoms with E-state index in [1.807, 2.05) is 30.3 Å². The van der Waals surface area contributed by atoms with E-state index in [0.717, 1.165) is 12.1 Å². The molecule has 2 amide bonds. The normalized spacial score (nSPS) is 10.2. The fourth-order valence-electron chi connectivity index (χ4n) is 2.88. The van der Waals surface area contributed by atoms with Crippen LogP contribution in [0.2, 0.25) is 0 Å². The number of benzene rings is 2. The third-order valence-electron chi connectivity index (χ3n) is 4.20. The molecule has 7 nitrogen and oxygen atoms in total. The Labute approximate surface area is 169 Å². The number of rotatable bonds is 8. The molecule has 0 saturated heterocycles. The van der Waals surface area contributed by atoms with Crippen molar-refractivity contribution in [1.82, 2.24) is 4.98 Å². The summed E-state index contributed by atoms with van der Waals surface area (Å²) in [5, 5.41) is 9.18. The molecule has 0 bridgehead atoms. The van der Waals surface area contributed by atoms with Gasteiger partial charge in [-0.2, -0.15) is 0 Å². The molecule has 0 radical (unpaired) electrons. The minimum absolute atomic E-state index is 0.143. The molecule has 0 aliphatic rings. The van der Waals surface area contributed by atoms with Crippen molar-refractivity contribution in [3.63, 3.8) is 0 Å². The topological polar surface area (TPSA) is 109 Å². The molecular formula is C22H23N5O2. The van der Waals surface area contributed by atoms with Gasteiger partial charge < -0.3 is 21.7 Å². The second-order valence-electron chi connectivity index (χ2n) is 6.53. The zero-order valence-corrected chi connectivity index (χ0v) is 16.1. The highest BCUT2D eigenvalue weighted by molar-refractivity contribution is 5.98. The van der Waals surface area contributed by atoms with Gasteiger partial charge in [-0.15, -0.1) is 0 Å². The Morgan fingerprint density at radius 2 is 1.76 bits per heavy atom. The number of nitrogens with one attached hydrogen (secondary N) is 3. The Hall–Kier alpha value is -3.87. The summed E-state index contributed by atoms with van der Waals surface area (Å²) in [7, 11) is 0. The van der Waals surface area contributed by atoms with Crippen molar-refractivity contribution >= 4 is 34.7 Å². The molecule has 3 rings (SSSR count). The van der Waals surface area contributed by atoms with Crippen LogP contribution < -0.4 is 21.7 Å². The van der Waals surface area contributed by atoms with Gasteiger partial charge in [0.25, 0.3) is 5.91 Å². The Bertz CT molecular complexity index is 1010. The number of amides is 2. The zero-order chi connectivity index (χ0) is 20.6. The van der Waals surface area contributed by atoms with Gasteiger partial charge in [0.05, 0.1) is 11.3 Å². The third-order valence-corrected chi connectivity index (χ3v) is 4.20. The summed E-state index contributed by atoms with van der Waals surface area (Å²) in [6, 6.07) is 19.1. The van der Waals surface area contributed by atoms with Gasteiger partial charge in [0.15, 0.2) is 0 Å². The van der Waals surface area contributed by atoms with E-state index >= 15 is 0 Å². The van der Waals surface area contributed by atoms with Crippen LogP contribution in [0.3, 0.4) is 0 Å². The number of anilines is 4. The fraction of sp³-hybridized carbons (Fsp3) is 0.136. The van der Waals surface area contributed by atoms with E-state index < -0.39 is 5.91 Å². The summed E-state index contributed by atoms with van der Waals surface area (Å²) in [6.45, 7) is 2.10. The van der Waals surface area contributed by atoms with Gasteiger partial charge in [-0.1, -0.05) is 36.4 Å². The van der Waals surface area contributed by atoms with Gasteiger partial charge >= 0.3 is 0 Å². The van der Waals surface area contributed by atoms with Gasteiger partial charge in [0.1, 0.15) is 5.82 Å². The fourth-order valence-corrected chi connectivity index (χ4v) is 2.88. The predicted octanol–water partition coefficient (Wildman–Crippen LogP) is 3.54. The van der Waals surface area contributed by atoms with Crippen LogP contribution >= 0.6 is 0 Å². The van der Waals surface area contributed by atoms with Crippen molar-refractivity contribution in [2.24, 2.45) is 5.73 Å². The Balaban J connectivity index is 1.74. The average Bonchev–Trinajstić information content (AvgIpc) is 2.68. The van der Waals surface area contributed by atoms with Crippen molar-refractivity contribution in [2.75, 3.05) is 22.5 Å². The maximum absolute atomic E-state index is 11.8. The Morgan fingerprint density at radius 1 is 1.00 bits per heavy atom. The number of primary amides is 1. The van der Waals surface area contributed by atoms with Crippen LogP contribution in [0.1, 0.15) is 22.8 Å². The number of carbonyl (C=O) groups excluding carboxylic acids is 2. The molecule has 0 aliphatic carbocycles. The lowest BCUT2D eigenvalue weighted by molar-refractivity contribution is -0.114. The number of carbonyl (C=O) groups is 2. The van der Waals surface area contributed by atoms with Crippen LogP contribution in [0.5, 0.6) is 0 Å². The molecule has 0 aliphatic heterocycles. The van der Waals surface area contributed by atoms with Crippen molar-refractivity contribution < 1.29 is 9.59 Å². The quantitative estimate of drug-likeness (QED) is 0.471. The molecule has 0 atom stereocenters. The standard InChI is InChI=1S/C22H23N5O2/c1-15(28)26-17-8-5-9-18(12-17)27-21-13-20(19(14-25-21)22(23)29)24-11-10-16-6-3-2-4-7-16/h2-9,12-14H,10-11H2,1H3,(H2,23,29)(H,26,28)(H2,24,25,27). The summed E-state index contributed by atoms with van der Waals surface area (Å²) < 4.78 is 0. The minimum atomic E-state index is -0.543. The Kier molecular flexibility index (Phi) is 6.42. The molecule has 29 heavy (non-hydrogen) atoms. The van der Waals surface area contributed by atoms with Crippen molar-refractivity contribution in [3.05, 3.63) is 78.0 Å². The van der Waals surface area contributed by atoms with Gasteiger partial charge in [0, 0.05) is 37.1 Å². The number of pyridine rings is 1. The van der Waals surface area contributed by atoms with Crippen LogP contribution in [0.25, 0.3) is 0 Å². The second kappa shape index (κ2) is 9.36. The van der Waals surface area contributed by atoms with Gasteiger partial charge in [0.2, 0.25) is 5.91 Å².